The molecular weight excluding hydrogens is 300 g/mol. The molecule has 0 amide bonds. The zero-order valence-electron chi connectivity index (χ0n) is 11.1. The Hall–Kier alpha value is -0.480. The molecule has 0 aromatic heterocycles. The lowest BCUT2D eigenvalue weighted by Gasteiger charge is -2.25. The molecule has 1 atom stereocenters. The maximum Gasteiger partial charge on any atom is 0.143 e. The molecule has 4 heteroatoms. The summed E-state index contributed by atoms with van der Waals surface area (Å²) in [6.07, 6.45) is 2.37. The standard InChI is InChI=1S/C14H20BrF2N/c1-4-9(5-2)13(18-3)8-10-12(16)7-6-11(15)14(10)17/h6-7,9,13,18H,4-5,8H2,1-3H3. The van der Waals surface area contributed by atoms with Crippen molar-refractivity contribution in [3.8, 4) is 0 Å². The molecule has 18 heavy (non-hydrogen) atoms. The predicted molar refractivity (Wildman–Crippen MR) is 74.7 cm³/mol. The van der Waals surface area contributed by atoms with Crippen LogP contribution in [-0.4, -0.2) is 13.1 Å². The van der Waals surface area contributed by atoms with Gasteiger partial charge in [-0.15, -0.1) is 0 Å². The Morgan fingerprint density at radius 1 is 1.22 bits per heavy atom. The highest BCUT2D eigenvalue weighted by molar-refractivity contribution is 9.10. The Morgan fingerprint density at radius 2 is 1.83 bits per heavy atom. The van der Waals surface area contributed by atoms with Crippen LogP contribution >= 0.6 is 15.9 Å². The van der Waals surface area contributed by atoms with Gasteiger partial charge >= 0.3 is 0 Å². The van der Waals surface area contributed by atoms with E-state index in [1.54, 1.807) is 0 Å². The molecule has 0 aliphatic heterocycles. The molecule has 0 radical (unpaired) electrons. The van der Waals surface area contributed by atoms with Crippen molar-refractivity contribution in [2.24, 2.45) is 5.92 Å². The van der Waals surface area contributed by atoms with Gasteiger partial charge in [0.2, 0.25) is 0 Å². The van der Waals surface area contributed by atoms with Crippen molar-refractivity contribution in [3.63, 3.8) is 0 Å². The van der Waals surface area contributed by atoms with Gasteiger partial charge in [0.15, 0.2) is 0 Å². The van der Waals surface area contributed by atoms with Crippen molar-refractivity contribution in [1.82, 2.24) is 5.32 Å². The highest BCUT2D eigenvalue weighted by Gasteiger charge is 2.21. The Bertz CT molecular complexity index is 392. The van der Waals surface area contributed by atoms with Gasteiger partial charge in [0.1, 0.15) is 11.6 Å². The van der Waals surface area contributed by atoms with Gasteiger partial charge in [-0.05, 0) is 47.4 Å². The lowest BCUT2D eigenvalue weighted by molar-refractivity contribution is 0.342. The number of halogens is 3. The molecule has 1 N–H and O–H groups in total. The molecule has 0 fully saturated rings. The Balaban J connectivity index is 2.98. The summed E-state index contributed by atoms with van der Waals surface area (Å²) in [7, 11) is 1.84. The molecule has 1 rings (SSSR count). The fourth-order valence-electron chi connectivity index (χ4n) is 2.34. The molecule has 1 nitrogen and oxygen atoms in total. The monoisotopic (exact) mass is 319 g/mol. The van der Waals surface area contributed by atoms with Crippen LogP contribution in [0.15, 0.2) is 16.6 Å². The van der Waals surface area contributed by atoms with Crippen molar-refractivity contribution in [3.05, 3.63) is 33.8 Å². The van der Waals surface area contributed by atoms with Gasteiger partial charge in [0.25, 0.3) is 0 Å². The van der Waals surface area contributed by atoms with E-state index < -0.39 is 11.6 Å². The number of likely N-dealkylation sites (N-methyl/N-ethyl adjacent to an activating group) is 1. The summed E-state index contributed by atoms with van der Waals surface area (Å²) in [4.78, 5) is 0. The molecule has 0 saturated heterocycles. The predicted octanol–water partition coefficient (Wildman–Crippen LogP) is 4.29. The molecule has 102 valence electrons. The van der Waals surface area contributed by atoms with Crippen molar-refractivity contribution in [1.29, 1.82) is 0 Å². The van der Waals surface area contributed by atoms with Crippen molar-refractivity contribution >= 4 is 15.9 Å². The zero-order valence-corrected chi connectivity index (χ0v) is 12.7. The molecule has 0 saturated carbocycles. The van der Waals surface area contributed by atoms with E-state index in [1.165, 1.54) is 12.1 Å². The largest absolute Gasteiger partial charge is 0.316 e. The van der Waals surface area contributed by atoms with Crippen LogP contribution in [0.25, 0.3) is 0 Å². The third-order valence-electron chi connectivity index (χ3n) is 3.55. The van der Waals surface area contributed by atoms with Crippen LogP contribution in [-0.2, 0) is 6.42 Å². The number of nitrogens with one attached hydrogen (secondary N) is 1. The fourth-order valence-corrected chi connectivity index (χ4v) is 2.71. The maximum absolute atomic E-state index is 13.9. The molecular formula is C14H20BrF2N. The first kappa shape index (κ1) is 15.6. The van der Waals surface area contributed by atoms with E-state index in [1.807, 2.05) is 7.05 Å². The summed E-state index contributed by atoms with van der Waals surface area (Å²) >= 11 is 3.10. The summed E-state index contributed by atoms with van der Waals surface area (Å²) in [6, 6.07) is 2.81. The van der Waals surface area contributed by atoms with Crippen LogP contribution in [0.1, 0.15) is 32.3 Å². The van der Waals surface area contributed by atoms with E-state index in [4.69, 9.17) is 0 Å². The highest BCUT2D eigenvalue weighted by Crippen LogP contribution is 2.25. The summed E-state index contributed by atoms with van der Waals surface area (Å²) < 4.78 is 27.9. The Labute approximate surface area is 116 Å². The van der Waals surface area contributed by atoms with Crippen LogP contribution in [0, 0.1) is 17.6 Å². The molecule has 1 aromatic carbocycles. The van der Waals surface area contributed by atoms with Crippen molar-refractivity contribution in [2.75, 3.05) is 7.05 Å². The van der Waals surface area contributed by atoms with E-state index in [0.29, 0.717) is 16.8 Å². The van der Waals surface area contributed by atoms with E-state index in [0.717, 1.165) is 12.8 Å². The minimum absolute atomic E-state index is 0.0956. The first-order valence-corrected chi connectivity index (χ1v) is 7.14. The van der Waals surface area contributed by atoms with Gasteiger partial charge in [-0.2, -0.15) is 0 Å². The third kappa shape index (κ3) is 3.51. The minimum atomic E-state index is -0.485. The second-order valence-corrected chi connectivity index (χ2v) is 5.35. The van der Waals surface area contributed by atoms with Gasteiger partial charge in [-0.3, -0.25) is 0 Å². The van der Waals surface area contributed by atoms with E-state index >= 15 is 0 Å². The Kier molecular flexibility index (Phi) is 6.22. The van der Waals surface area contributed by atoms with Gasteiger partial charge in [-0.1, -0.05) is 26.7 Å². The number of hydrogen-bond acceptors (Lipinski definition) is 1. The average Bonchev–Trinajstić information content (AvgIpc) is 2.38. The minimum Gasteiger partial charge on any atom is -0.316 e. The molecule has 0 aliphatic rings. The smallest absolute Gasteiger partial charge is 0.143 e. The lowest BCUT2D eigenvalue weighted by Crippen LogP contribution is -2.35. The summed E-state index contributed by atoms with van der Waals surface area (Å²) in [5, 5.41) is 3.18. The van der Waals surface area contributed by atoms with Crippen LogP contribution in [0.4, 0.5) is 8.78 Å². The topological polar surface area (TPSA) is 12.0 Å². The molecule has 0 bridgehead atoms. The zero-order chi connectivity index (χ0) is 13.7. The molecule has 1 unspecified atom stereocenters. The number of hydrogen-bond donors (Lipinski definition) is 1. The van der Waals surface area contributed by atoms with Gasteiger partial charge in [0.05, 0.1) is 4.47 Å². The summed E-state index contributed by atoms with van der Waals surface area (Å²) in [6.45, 7) is 4.21. The quantitative estimate of drug-likeness (QED) is 0.771. The van der Waals surface area contributed by atoms with Crippen LogP contribution in [0.5, 0.6) is 0 Å². The second kappa shape index (κ2) is 7.19. The first-order valence-electron chi connectivity index (χ1n) is 6.34. The van der Waals surface area contributed by atoms with Crippen molar-refractivity contribution in [2.45, 2.75) is 39.2 Å². The second-order valence-electron chi connectivity index (χ2n) is 4.50. The normalized spacial score (nSPS) is 13.1. The average molecular weight is 320 g/mol. The summed E-state index contributed by atoms with van der Waals surface area (Å²) in [5.41, 5.74) is 0.163. The first-order chi connectivity index (χ1) is 8.54. The maximum atomic E-state index is 13.9. The number of benzene rings is 1. The van der Waals surface area contributed by atoms with Crippen molar-refractivity contribution < 1.29 is 8.78 Å². The summed E-state index contributed by atoms with van der Waals surface area (Å²) in [5.74, 6) is -0.532. The van der Waals surface area contributed by atoms with E-state index in [9.17, 15) is 8.78 Å². The van der Waals surface area contributed by atoms with Gasteiger partial charge in [0, 0.05) is 11.6 Å². The Morgan fingerprint density at radius 3 is 2.33 bits per heavy atom. The lowest BCUT2D eigenvalue weighted by atomic mass is 9.89. The van der Waals surface area contributed by atoms with E-state index in [-0.39, 0.29) is 11.6 Å². The van der Waals surface area contributed by atoms with E-state index in [2.05, 4.69) is 35.1 Å². The molecule has 0 aliphatic carbocycles. The molecule has 0 heterocycles. The third-order valence-corrected chi connectivity index (χ3v) is 4.16. The number of rotatable bonds is 6. The van der Waals surface area contributed by atoms with Crippen LogP contribution < -0.4 is 5.32 Å². The molecule has 0 spiro atoms. The van der Waals surface area contributed by atoms with Crippen LogP contribution in [0.3, 0.4) is 0 Å². The SMILES string of the molecule is CCC(CC)C(Cc1c(F)ccc(Br)c1F)NC. The fraction of sp³-hybridized carbons (Fsp3) is 0.571. The van der Waals surface area contributed by atoms with Gasteiger partial charge < -0.3 is 5.32 Å². The van der Waals surface area contributed by atoms with Crippen LogP contribution in [0.2, 0.25) is 0 Å². The molecule has 1 aromatic rings. The highest BCUT2D eigenvalue weighted by atomic mass is 79.9. The van der Waals surface area contributed by atoms with Gasteiger partial charge in [-0.25, -0.2) is 8.78 Å².